The lowest BCUT2D eigenvalue weighted by molar-refractivity contribution is 0.0911. The highest BCUT2D eigenvalue weighted by Gasteiger charge is 2.23. The van der Waals surface area contributed by atoms with E-state index in [1.807, 2.05) is 0 Å². The van der Waals surface area contributed by atoms with Crippen molar-refractivity contribution in [3.63, 3.8) is 0 Å². The summed E-state index contributed by atoms with van der Waals surface area (Å²) in [5.74, 6) is -5.03. The van der Waals surface area contributed by atoms with Gasteiger partial charge < -0.3 is 5.32 Å². The summed E-state index contributed by atoms with van der Waals surface area (Å²) in [5.41, 5.74) is -0.453. The van der Waals surface area contributed by atoms with Crippen LogP contribution in [0.15, 0.2) is 12.1 Å². The molecule has 0 spiro atoms. The summed E-state index contributed by atoms with van der Waals surface area (Å²) in [6.45, 7) is 0. The zero-order chi connectivity index (χ0) is 11.7. The van der Waals surface area contributed by atoms with E-state index in [1.54, 1.807) is 0 Å². The average Bonchev–Trinajstić information content (AvgIpc) is 2.20. The highest BCUT2D eigenvalue weighted by Crippen LogP contribution is 2.20. The first-order chi connectivity index (χ1) is 7.59. The van der Waals surface area contributed by atoms with E-state index in [4.69, 9.17) is 0 Å². The molecule has 2 rings (SSSR count). The second-order valence-corrected chi connectivity index (χ2v) is 3.82. The zero-order valence-corrected chi connectivity index (χ0v) is 8.40. The first kappa shape index (κ1) is 11.0. The molecule has 0 radical (unpaired) electrons. The van der Waals surface area contributed by atoms with Gasteiger partial charge in [0.25, 0.3) is 5.91 Å². The molecule has 2 nitrogen and oxygen atoms in total. The number of hydrogen-bond donors (Lipinski definition) is 1. The maximum absolute atomic E-state index is 13.2. The molecule has 1 N–H and O–H groups in total. The van der Waals surface area contributed by atoms with Crippen molar-refractivity contribution in [3.05, 3.63) is 35.1 Å². The second-order valence-electron chi connectivity index (χ2n) is 3.82. The number of nitrogens with one attached hydrogen (secondary N) is 1. The van der Waals surface area contributed by atoms with E-state index >= 15 is 0 Å². The minimum absolute atomic E-state index is 0.0278. The predicted octanol–water partition coefficient (Wildman–Crippen LogP) is 2.39. The van der Waals surface area contributed by atoms with E-state index < -0.39 is 28.9 Å². The van der Waals surface area contributed by atoms with Crippen LogP contribution in [0.2, 0.25) is 0 Å². The van der Waals surface area contributed by atoms with E-state index in [2.05, 4.69) is 5.32 Å². The SMILES string of the molecule is O=C(NC1CCC1)c1ccc(F)c(F)c1F. The molecule has 0 aliphatic heterocycles. The monoisotopic (exact) mass is 229 g/mol. The van der Waals surface area contributed by atoms with Gasteiger partial charge in [0.1, 0.15) is 0 Å². The Hall–Kier alpha value is -1.52. The molecule has 1 aliphatic carbocycles. The third-order valence-corrected chi connectivity index (χ3v) is 2.72. The first-order valence-electron chi connectivity index (χ1n) is 5.04. The quantitative estimate of drug-likeness (QED) is 0.775. The van der Waals surface area contributed by atoms with E-state index in [0.29, 0.717) is 0 Å². The number of rotatable bonds is 2. The molecule has 0 unspecified atom stereocenters. The molecule has 16 heavy (non-hydrogen) atoms. The highest BCUT2D eigenvalue weighted by molar-refractivity contribution is 5.94. The number of amides is 1. The lowest BCUT2D eigenvalue weighted by atomic mass is 9.93. The topological polar surface area (TPSA) is 29.1 Å². The molecule has 86 valence electrons. The molecule has 0 saturated heterocycles. The molecular formula is C11H10F3NO. The molecule has 1 aromatic rings. The zero-order valence-electron chi connectivity index (χ0n) is 8.40. The number of carbonyl (C=O) groups excluding carboxylic acids is 1. The number of halogens is 3. The van der Waals surface area contributed by atoms with Crippen LogP contribution in [-0.4, -0.2) is 11.9 Å². The van der Waals surface area contributed by atoms with Crippen LogP contribution in [-0.2, 0) is 0 Å². The fourth-order valence-electron chi connectivity index (χ4n) is 1.52. The van der Waals surface area contributed by atoms with E-state index in [1.165, 1.54) is 0 Å². The molecule has 5 heteroatoms. The van der Waals surface area contributed by atoms with Crippen molar-refractivity contribution in [2.75, 3.05) is 0 Å². The molecular weight excluding hydrogens is 219 g/mol. The molecule has 1 fully saturated rings. The van der Waals surface area contributed by atoms with Gasteiger partial charge in [-0.25, -0.2) is 13.2 Å². The van der Waals surface area contributed by atoms with Crippen molar-refractivity contribution in [1.29, 1.82) is 0 Å². The summed E-state index contributed by atoms with van der Waals surface area (Å²) < 4.78 is 38.7. The number of benzene rings is 1. The molecule has 0 heterocycles. The Morgan fingerprint density at radius 3 is 2.44 bits per heavy atom. The van der Waals surface area contributed by atoms with Crippen molar-refractivity contribution in [3.8, 4) is 0 Å². The van der Waals surface area contributed by atoms with Crippen LogP contribution in [0, 0.1) is 17.5 Å². The molecule has 1 aliphatic rings. The Kier molecular flexibility index (Phi) is 2.85. The summed E-state index contributed by atoms with van der Waals surface area (Å²) in [6.07, 6.45) is 2.71. The van der Waals surface area contributed by atoms with Gasteiger partial charge in [-0.15, -0.1) is 0 Å². The van der Waals surface area contributed by atoms with Crippen molar-refractivity contribution < 1.29 is 18.0 Å². The fraction of sp³-hybridized carbons (Fsp3) is 0.364. The second kappa shape index (κ2) is 4.15. The molecule has 1 saturated carbocycles. The molecule has 0 bridgehead atoms. The molecule has 0 aromatic heterocycles. The summed E-state index contributed by atoms with van der Waals surface area (Å²) in [4.78, 5) is 11.5. The van der Waals surface area contributed by atoms with Crippen molar-refractivity contribution >= 4 is 5.91 Å². The number of carbonyl (C=O) groups is 1. The lowest BCUT2D eigenvalue weighted by Gasteiger charge is -2.26. The lowest BCUT2D eigenvalue weighted by Crippen LogP contribution is -2.39. The molecule has 1 aromatic carbocycles. The van der Waals surface area contributed by atoms with Crippen LogP contribution >= 0.6 is 0 Å². The largest absolute Gasteiger partial charge is 0.349 e. The highest BCUT2D eigenvalue weighted by atomic mass is 19.2. The summed E-state index contributed by atoms with van der Waals surface area (Å²) >= 11 is 0. The fourth-order valence-corrected chi connectivity index (χ4v) is 1.52. The normalized spacial score (nSPS) is 15.7. The number of hydrogen-bond acceptors (Lipinski definition) is 1. The Balaban J connectivity index is 2.19. The van der Waals surface area contributed by atoms with E-state index in [0.717, 1.165) is 31.4 Å². The van der Waals surface area contributed by atoms with Crippen LogP contribution in [0.4, 0.5) is 13.2 Å². The summed E-state index contributed by atoms with van der Waals surface area (Å²) in [5, 5.41) is 2.55. The standard InChI is InChI=1S/C11H10F3NO/c12-8-5-4-7(9(13)10(8)14)11(16)15-6-2-1-3-6/h4-6H,1-3H2,(H,15,16). The Morgan fingerprint density at radius 2 is 1.88 bits per heavy atom. The Labute approximate surface area is 90.5 Å². The van der Waals surface area contributed by atoms with Gasteiger partial charge in [0.15, 0.2) is 17.5 Å². The van der Waals surface area contributed by atoms with Crippen molar-refractivity contribution in [2.24, 2.45) is 0 Å². The Morgan fingerprint density at radius 1 is 1.19 bits per heavy atom. The van der Waals surface area contributed by atoms with Gasteiger partial charge in [-0.2, -0.15) is 0 Å². The van der Waals surface area contributed by atoms with Crippen LogP contribution in [0.3, 0.4) is 0 Å². The van der Waals surface area contributed by atoms with Crippen LogP contribution in [0.1, 0.15) is 29.6 Å². The van der Waals surface area contributed by atoms with E-state index in [-0.39, 0.29) is 6.04 Å². The first-order valence-corrected chi connectivity index (χ1v) is 5.04. The van der Waals surface area contributed by atoms with Gasteiger partial charge in [-0.05, 0) is 31.4 Å². The Bertz CT molecular complexity index is 429. The maximum atomic E-state index is 13.2. The van der Waals surface area contributed by atoms with E-state index in [9.17, 15) is 18.0 Å². The molecule has 1 amide bonds. The minimum Gasteiger partial charge on any atom is -0.349 e. The van der Waals surface area contributed by atoms with Gasteiger partial charge in [0.05, 0.1) is 5.56 Å². The van der Waals surface area contributed by atoms with Crippen molar-refractivity contribution in [1.82, 2.24) is 5.32 Å². The minimum atomic E-state index is -1.61. The summed E-state index contributed by atoms with van der Waals surface area (Å²) in [6, 6.07) is 1.72. The van der Waals surface area contributed by atoms with Gasteiger partial charge in [-0.3, -0.25) is 4.79 Å². The predicted molar refractivity (Wildman–Crippen MR) is 51.4 cm³/mol. The van der Waals surface area contributed by atoms with Crippen LogP contribution < -0.4 is 5.32 Å². The average molecular weight is 229 g/mol. The third kappa shape index (κ3) is 1.89. The van der Waals surface area contributed by atoms with Gasteiger partial charge in [0, 0.05) is 6.04 Å². The van der Waals surface area contributed by atoms with Gasteiger partial charge in [0.2, 0.25) is 0 Å². The maximum Gasteiger partial charge on any atom is 0.254 e. The van der Waals surface area contributed by atoms with Gasteiger partial charge >= 0.3 is 0 Å². The smallest absolute Gasteiger partial charge is 0.254 e. The molecule has 0 atom stereocenters. The third-order valence-electron chi connectivity index (χ3n) is 2.72. The summed E-state index contributed by atoms with van der Waals surface area (Å²) in [7, 11) is 0. The van der Waals surface area contributed by atoms with Crippen molar-refractivity contribution in [2.45, 2.75) is 25.3 Å². The van der Waals surface area contributed by atoms with Crippen LogP contribution in [0.5, 0.6) is 0 Å². The van der Waals surface area contributed by atoms with Gasteiger partial charge in [-0.1, -0.05) is 0 Å². The van der Waals surface area contributed by atoms with Crippen LogP contribution in [0.25, 0.3) is 0 Å².